The van der Waals surface area contributed by atoms with Crippen molar-refractivity contribution in [2.24, 2.45) is 0 Å². The molecule has 0 aliphatic rings. The second-order valence-corrected chi connectivity index (χ2v) is 4.99. The topological polar surface area (TPSA) is 55.3 Å². The Hall–Kier alpha value is -1.33. The first-order valence-corrected chi connectivity index (χ1v) is 5.88. The van der Waals surface area contributed by atoms with Crippen LogP contribution in [0.25, 0.3) is 0 Å². The van der Waals surface area contributed by atoms with E-state index in [4.69, 9.17) is 10.2 Å². The van der Waals surface area contributed by atoms with E-state index in [1.165, 1.54) is 21.8 Å². The van der Waals surface area contributed by atoms with E-state index in [-0.39, 0.29) is 0 Å². The Kier molecular flexibility index (Phi) is 3.26. The summed E-state index contributed by atoms with van der Waals surface area (Å²) in [6.45, 7) is 3.72. The van der Waals surface area contributed by atoms with Gasteiger partial charge in [0.15, 0.2) is 5.13 Å². The van der Waals surface area contributed by atoms with E-state index in [1.807, 2.05) is 19.2 Å². The standard InChI is InChI=1S/C11H15N3OS/c1-8-9(3-4-15-8)6-14(2)7-10-5-13-11(12)16-10/h3-5H,6-7H2,1-2H3,(H2,12,13). The summed E-state index contributed by atoms with van der Waals surface area (Å²) in [4.78, 5) is 7.43. The van der Waals surface area contributed by atoms with Gasteiger partial charge in [0.05, 0.1) is 6.26 Å². The van der Waals surface area contributed by atoms with Gasteiger partial charge in [-0.25, -0.2) is 4.98 Å². The van der Waals surface area contributed by atoms with Gasteiger partial charge in [-0.2, -0.15) is 0 Å². The van der Waals surface area contributed by atoms with E-state index in [2.05, 4.69) is 16.9 Å². The van der Waals surface area contributed by atoms with E-state index in [0.29, 0.717) is 5.13 Å². The predicted molar refractivity (Wildman–Crippen MR) is 65.1 cm³/mol. The molecule has 0 atom stereocenters. The Morgan fingerprint density at radius 2 is 2.31 bits per heavy atom. The van der Waals surface area contributed by atoms with Crippen molar-refractivity contribution in [2.45, 2.75) is 20.0 Å². The molecule has 0 fully saturated rings. The Morgan fingerprint density at radius 3 is 2.88 bits per heavy atom. The highest BCUT2D eigenvalue weighted by Crippen LogP contribution is 2.18. The fraction of sp³-hybridized carbons (Fsp3) is 0.364. The van der Waals surface area contributed by atoms with Gasteiger partial charge in [0.2, 0.25) is 0 Å². The average molecular weight is 237 g/mol. The maximum Gasteiger partial charge on any atom is 0.180 e. The molecule has 0 radical (unpaired) electrons. The van der Waals surface area contributed by atoms with Gasteiger partial charge in [0.1, 0.15) is 5.76 Å². The molecule has 16 heavy (non-hydrogen) atoms. The summed E-state index contributed by atoms with van der Waals surface area (Å²) in [7, 11) is 2.07. The van der Waals surface area contributed by atoms with Gasteiger partial charge in [-0.05, 0) is 20.0 Å². The van der Waals surface area contributed by atoms with Crippen molar-refractivity contribution < 1.29 is 4.42 Å². The molecule has 86 valence electrons. The third-order valence-corrected chi connectivity index (χ3v) is 3.21. The second kappa shape index (κ2) is 4.67. The molecule has 0 saturated carbocycles. The molecule has 0 bridgehead atoms. The van der Waals surface area contributed by atoms with Crippen molar-refractivity contribution in [3.05, 3.63) is 34.7 Å². The number of furan rings is 1. The fourth-order valence-corrected chi connectivity index (χ4v) is 2.35. The summed E-state index contributed by atoms with van der Waals surface area (Å²) in [5, 5.41) is 0.628. The first-order valence-electron chi connectivity index (χ1n) is 5.07. The van der Waals surface area contributed by atoms with Crippen molar-refractivity contribution in [1.82, 2.24) is 9.88 Å². The van der Waals surface area contributed by atoms with Crippen LogP contribution in [0.3, 0.4) is 0 Å². The molecule has 0 spiro atoms. The van der Waals surface area contributed by atoms with Crippen molar-refractivity contribution in [3.8, 4) is 0 Å². The van der Waals surface area contributed by atoms with E-state index in [0.717, 1.165) is 18.8 Å². The van der Waals surface area contributed by atoms with Crippen LogP contribution >= 0.6 is 11.3 Å². The first kappa shape index (κ1) is 11.2. The predicted octanol–water partition coefficient (Wildman–Crippen LogP) is 2.26. The zero-order valence-electron chi connectivity index (χ0n) is 9.43. The number of thiazole rings is 1. The third-order valence-electron chi connectivity index (χ3n) is 2.40. The molecule has 0 amide bonds. The number of aromatic nitrogens is 1. The molecular weight excluding hydrogens is 222 g/mol. The van der Waals surface area contributed by atoms with E-state index < -0.39 is 0 Å². The Morgan fingerprint density at radius 1 is 1.50 bits per heavy atom. The molecule has 0 aromatic carbocycles. The van der Waals surface area contributed by atoms with Crippen LogP contribution in [0.15, 0.2) is 22.9 Å². The lowest BCUT2D eigenvalue weighted by atomic mass is 10.2. The molecule has 2 aromatic rings. The van der Waals surface area contributed by atoms with E-state index in [1.54, 1.807) is 6.26 Å². The number of nitrogens with zero attached hydrogens (tertiary/aromatic N) is 2. The lowest BCUT2D eigenvalue weighted by Gasteiger charge is -2.14. The quantitative estimate of drug-likeness (QED) is 0.886. The summed E-state index contributed by atoms with van der Waals surface area (Å²) in [6, 6.07) is 2.01. The van der Waals surface area contributed by atoms with Crippen LogP contribution < -0.4 is 5.73 Å². The smallest absolute Gasteiger partial charge is 0.180 e. The van der Waals surface area contributed by atoms with Crippen LogP contribution in [0, 0.1) is 6.92 Å². The number of hydrogen-bond donors (Lipinski definition) is 1. The summed E-state index contributed by atoms with van der Waals surface area (Å²) in [5.41, 5.74) is 6.81. The van der Waals surface area contributed by atoms with Gasteiger partial charge in [0.25, 0.3) is 0 Å². The van der Waals surface area contributed by atoms with Gasteiger partial charge >= 0.3 is 0 Å². The number of rotatable bonds is 4. The van der Waals surface area contributed by atoms with Crippen LogP contribution in [0.5, 0.6) is 0 Å². The molecule has 0 saturated heterocycles. The van der Waals surface area contributed by atoms with Crippen molar-refractivity contribution in [2.75, 3.05) is 12.8 Å². The fourth-order valence-electron chi connectivity index (χ4n) is 1.58. The number of anilines is 1. The molecule has 2 rings (SSSR count). The first-order chi connectivity index (χ1) is 7.65. The molecule has 2 aromatic heterocycles. The van der Waals surface area contributed by atoms with Gasteiger partial charge < -0.3 is 10.2 Å². The zero-order valence-corrected chi connectivity index (χ0v) is 10.3. The molecule has 0 aliphatic carbocycles. The van der Waals surface area contributed by atoms with Gasteiger partial charge in [-0.3, -0.25) is 4.90 Å². The molecule has 0 aliphatic heterocycles. The summed E-state index contributed by atoms with van der Waals surface area (Å²) in [5.74, 6) is 0.982. The summed E-state index contributed by atoms with van der Waals surface area (Å²) < 4.78 is 5.26. The maximum atomic E-state index is 5.59. The van der Waals surface area contributed by atoms with Gasteiger partial charge in [0, 0.05) is 29.7 Å². The maximum absolute atomic E-state index is 5.59. The lowest BCUT2D eigenvalue weighted by Crippen LogP contribution is -2.16. The molecule has 2 N–H and O–H groups in total. The highest BCUT2D eigenvalue weighted by atomic mass is 32.1. The Labute approximate surface area is 98.7 Å². The minimum atomic E-state index is 0.628. The molecule has 5 heteroatoms. The molecular formula is C11H15N3OS. The van der Waals surface area contributed by atoms with Crippen LogP contribution in [0.1, 0.15) is 16.2 Å². The van der Waals surface area contributed by atoms with E-state index >= 15 is 0 Å². The van der Waals surface area contributed by atoms with Gasteiger partial charge in [-0.1, -0.05) is 0 Å². The minimum Gasteiger partial charge on any atom is -0.469 e. The van der Waals surface area contributed by atoms with Crippen LogP contribution in [0.4, 0.5) is 5.13 Å². The van der Waals surface area contributed by atoms with E-state index in [9.17, 15) is 0 Å². The van der Waals surface area contributed by atoms with Crippen molar-refractivity contribution >= 4 is 16.5 Å². The SMILES string of the molecule is Cc1occc1CN(C)Cc1cnc(N)s1. The lowest BCUT2D eigenvalue weighted by molar-refractivity contribution is 0.319. The Bertz CT molecular complexity index is 463. The zero-order chi connectivity index (χ0) is 11.5. The largest absolute Gasteiger partial charge is 0.469 e. The van der Waals surface area contributed by atoms with Crippen LogP contribution in [-0.2, 0) is 13.1 Å². The summed E-state index contributed by atoms with van der Waals surface area (Å²) in [6.07, 6.45) is 3.56. The molecule has 0 unspecified atom stereocenters. The Balaban J connectivity index is 1.94. The highest BCUT2D eigenvalue weighted by molar-refractivity contribution is 7.15. The highest BCUT2D eigenvalue weighted by Gasteiger charge is 2.07. The van der Waals surface area contributed by atoms with Gasteiger partial charge in [-0.15, -0.1) is 11.3 Å². The number of hydrogen-bond acceptors (Lipinski definition) is 5. The number of aryl methyl sites for hydroxylation is 1. The number of nitrogens with two attached hydrogens (primary N) is 1. The summed E-state index contributed by atoms with van der Waals surface area (Å²) >= 11 is 1.53. The molecule has 4 nitrogen and oxygen atoms in total. The molecule has 2 heterocycles. The van der Waals surface area contributed by atoms with Crippen molar-refractivity contribution in [3.63, 3.8) is 0 Å². The average Bonchev–Trinajstić information content (AvgIpc) is 2.77. The second-order valence-electron chi connectivity index (χ2n) is 3.84. The minimum absolute atomic E-state index is 0.628. The normalized spacial score (nSPS) is 11.2. The number of nitrogen functional groups attached to an aromatic ring is 1. The third kappa shape index (κ3) is 2.62. The van der Waals surface area contributed by atoms with Crippen molar-refractivity contribution in [1.29, 1.82) is 0 Å². The monoisotopic (exact) mass is 237 g/mol. The van der Waals surface area contributed by atoms with Crippen LogP contribution in [0.2, 0.25) is 0 Å². The van der Waals surface area contributed by atoms with Crippen LogP contribution in [-0.4, -0.2) is 16.9 Å².